The van der Waals surface area contributed by atoms with Crippen molar-refractivity contribution in [3.63, 3.8) is 0 Å². The number of benzene rings is 2. The summed E-state index contributed by atoms with van der Waals surface area (Å²) in [7, 11) is -4.39. The number of carbonyl (C=O) groups is 1. The first kappa shape index (κ1) is 20.4. The molecule has 0 spiro atoms. The minimum absolute atomic E-state index is 0.0883. The van der Waals surface area contributed by atoms with Gasteiger partial charge in [0, 0.05) is 6.07 Å². The molecule has 27 heavy (non-hydrogen) atoms. The molecule has 0 atom stereocenters. The molecule has 2 aromatic carbocycles. The Kier molecular flexibility index (Phi) is 6.17. The molecule has 0 N–H and O–H groups in total. The number of aryl methyl sites for hydroxylation is 2. The first-order valence-electron chi connectivity index (χ1n) is 8.17. The predicted octanol–water partition coefficient (Wildman–Crippen LogP) is 2.97. The van der Waals surface area contributed by atoms with Crippen LogP contribution in [0, 0.1) is 24.0 Å². The van der Waals surface area contributed by atoms with Crippen LogP contribution in [0.3, 0.4) is 0 Å². The Morgan fingerprint density at radius 2 is 1.85 bits per heavy atom. The van der Waals surface area contributed by atoms with Gasteiger partial charge in [0.2, 0.25) is 0 Å². The van der Waals surface area contributed by atoms with Crippen LogP contribution in [-0.2, 0) is 19.6 Å². The van der Waals surface area contributed by atoms with E-state index in [1.807, 2.05) is 0 Å². The zero-order valence-corrected chi connectivity index (χ0v) is 16.0. The van der Waals surface area contributed by atoms with Crippen molar-refractivity contribution in [2.75, 3.05) is 17.5 Å². The van der Waals surface area contributed by atoms with E-state index in [4.69, 9.17) is 4.74 Å². The number of para-hydroxylation sites is 1. The second kappa shape index (κ2) is 8.17. The Hall–Kier alpha value is -2.94. The molecule has 2 rings (SSSR count). The highest BCUT2D eigenvalue weighted by molar-refractivity contribution is 7.93. The summed E-state index contributed by atoms with van der Waals surface area (Å²) in [6.45, 7) is 4.58. The van der Waals surface area contributed by atoms with Gasteiger partial charge in [0.05, 0.1) is 17.2 Å². The van der Waals surface area contributed by atoms with Gasteiger partial charge in [0.15, 0.2) is 4.90 Å². The Bertz CT molecular complexity index is 972. The Morgan fingerprint density at radius 1 is 1.19 bits per heavy atom. The lowest BCUT2D eigenvalue weighted by Crippen LogP contribution is -2.37. The van der Waals surface area contributed by atoms with E-state index in [1.165, 1.54) is 12.1 Å². The van der Waals surface area contributed by atoms with E-state index >= 15 is 0 Å². The molecular weight excluding hydrogens is 372 g/mol. The van der Waals surface area contributed by atoms with Crippen molar-refractivity contribution in [1.82, 2.24) is 0 Å². The van der Waals surface area contributed by atoms with Gasteiger partial charge in [0.25, 0.3) is 15.7 Å². The number of ether oxygens (including phenoxy) is 1. The van der Waals surface area contributed by atoms with Crippen molar-refractivity contribution >= 4 is 27.4 Å². The molecule has 0 bridgehead atoms. The average Bonchev–Trinajstić information content (AvgIpc) is 2.62. The van der Waals surface area contributed by atoms with Crippen LogP contribution in [0.4, 0.5) is 11.4 Å². The smallest absolute Gasteiger partial charge is 0.326 e. The number of nitrogens with zero attached hydrogens (tertiary/aromatic N) is 2. The van der Waals surface area contributed by atoms with Crippen LogP contribution < -0.4 is 4.31 Å². The fourth-order valence-electron chi connectivity index (χ4n) is 2.56. The van der Waals surface area contributed by atoms with Crippen molar-refractivity contribution in [2.45, 2.75) is 25.7 Å². The topological polar surface area (TPSA) is 107 Å². The van der Waals surface area contributed by atoms with Crippen molar-refractivity contribution in [3.05, 3.63) is 63.7 Å². The molecule has 0 aliphatic carbocycles. The van der Waals surface area contributed by atoms with Crippen molar-refractivity contribution in [2.24, 2.45) is 0 Å². The Labute approximate surface area is 157 Å². The van der Waals surface area contributed by atoms with Crippen LogP contribution in [0.15, 0.2) is 47.4 Å². The van der Waals surface area contributed by atoms with E-state index in [1.54, 1.807) is 39.0 Å². The third-order valence-corrected chi connectivity index (χ3v) is 5.65. The van der Waals surface area contributed by atoms with Crippen LogP contribution in [0.2, 0.25) is 0 Å². The number of hydrogen-bond donors (Lipinski definition) is 0. The van der Waals surface area contributed by atoms with Gasteiger partial charge in [0.1, 0.15) is 6.54 Å². The van der Waals surface area contributed by atoms with Crippen LogP contribution in [0.5, 0.6) is 0 Å². The summed E-state index contributed by atoms with van der Waals surface area (Å²) in [4.78, 5) is 22.1. The van der Waals surface area contributed by atoms with Gasteiger partial charge in [-0.15, -0.1) is 0 Å². The number of hydrogen-bond acceptors (Lipinski definition) is 6. The molecule has 0 fully saturated rings. The molecule has 0 radical (unpaired) electrons. The number of nitro groups is 1. The van der Waals surface area contributed by atoms with Crippen molar-refractivity contribution in [1.29, 1.82) is 0 Å². The molecule has 0 unspecified atom stereocenters. The number of rotatable bonds is 7. The molecule has 0 aliphatic heterocycles. The summed E-state index contributed by atoms with van der Waals surface area (Å²) in [6, 6.07) is 10.2. The average molecular weight is 392 g/mol. The zero-order valence-electron chi connectivity index (χ0n) is 15.2. The molecule has 0 aromatic heterocycles. The van der Waals surface area contributed by atoms with Crippen LogP contribution >= 0.6 is 0 Å². The number of sulfonamides is 1. The Balaban J connectivity index is 2.67. The van der Waals surface area contributed by atoms with Gasteiger partial charge in [-0.3, -0.25) is 19.2 Å². The van der Waals surface area contributed by atoms with Gasteiger partial charge in [-0.05, 0) is 44.0 Å². The summed E-state index contributed by atoms with van der Waals surface area (Å²) in [5, 5.41) is 11.3. The summed E-state index contributed by atoms with van der Waals surface area (Å²) < 4.78 is 32.3. The maximum absolute atomic E-state index is 13.3. The number of nitro benzene ring substituents is 1. The summed E-state index contributed by atoms with van der Waals surface area (Å²) in [5.41, 5.74) is 1.09. The lowest BCUT2D eigenvalue weighted by molar-refractivity contribution is -0.387. The zero-order chi connectivity index (χ0) is 20.2. The normalized spacial score (nSPS) is 11.1. The number of anilines is 1. The van der Waals surface area contributed by atoms with Gasteiger partial charge >= 0.3 is 5.97 Å². The van der Waals surface area contributed by atoms with Crippen molar-refractivity contribution in [3.8, 4) is 0 Å². The minimum atomic E-state index is -4.39. The lowest BCUT2D eigenvalue weighted by atomic mass is 10.1. The van der Waals surface area contributed by atoms with Gasteiger partial charge in [-0.25, -0.2) is 8.42 Å². The van der Waals surface area contributed by atoms with Gasteiger partial charge < -0.3 is 4.74 Å². The molecule has 0 heterocycles. The van der Waals surface area contributed by atoms with Crippen LogP contribution in [0.1, 0.15) is 18.1 Å². The molecular formula is C18H20N2O6S. The third kappa shape index (κ3) is 4.43. The molecule has 8 nitrogen and oxygen atoms in total. The monoisotopic (exact) mass is 392 g/mol. The third-order valence-electron chi connectivity index (χ3n) is 3.84. The van der Waals surface area contributed by atoms with Crippen LogP contribution in [-0.4, -0.2) is 32.5 Å². The highest BCUT2D eigenvalue weighted by Crippen LogP contribution is 2.32. The summed E-state index contributed by atoms with van der Waals surface area (Å²) >= 11 is 0. The maximum Gasteiger partial charge on any atom is 0.326 e. The molecule has 0 amide bonds. The molecule has 144 valence electrons. The minimum Gasteiger partial charge on any atom is -0.465 e. The molecule has 0 aliphatic rings. The van der Waals surface area contributed by atoms with Crippen molar-refractivity contribution < 1.29 is 22.9 Å². The fourth-order valence-corrected chi connectivity index (χ4v) is 4.18. The molecule has 9 heteroatoms. The first-order valence-corrected chi connectivity index (χ1v) is 9.61. The number of esters is 1. The highest BCUT2D eigenvalue weighted by atomic mass is 32.2. The first-order chi connectivity index (χ1) is 12.7. The van der Waals surface area contributed by atoms with E-state index in [9.17, 15) is 23.3 Å². The van der Waals surface area contributed by atoms with E-state index in [0.29, 0.717) is 5.56 Å². The highest BCUT2D eigenvalue weighted by Gasteiger charge is 2.34. The quantitative estimate of drug-likeness (QED) is 0.407. The van der Waals surface area contributed by atoms with Gasteiger partial charge in [-0.1, -0.05) is 24.3 Å². The Morgan fingerprint density at radius 3 is 2.48 bits per heavy atom. The van der Waals surface area contributed by atoms with Gasteiger partial charge in [-0.2, -0.15) is 0 Å². The summed E-state index contributed by atoms with van der Waals surface area (Å²) in [5.74, 6) is -0.749. The van der Waals surface area contributed by atoms with E-state index in [0.717, 1.165) is 22.0 Å². The SMILES string of the molecule is CCOC(=O)CN(c1cc(C)ccc1C)S(=O)(=O)c1ccccc1[N+](=O)[O-]. The standard InChI is InChI=1S/C18H20N2O6S/c1-4-26-18(21)12-19(16-11-13(2)9-10-14(16)3)27(24,25)17-8-6-5-7-15(17)20(22)23/h5-11H,4,12H2,1-3H3. The van der Waals surface area contributed by atoms with E-state index < -0.39 is 38.0 Å². The van der Waals surface area contributed by atoms with Crippen LogP contribution in [0.25, 0.3) is 0 Å². The molecule has 0 saturated heterocycles. The van der Waals surface area contributed by atoms with E-state index in [2.05, 4.69) is 0 Å². The summed E-state index contributed by atoms with van der Waals surface area (Å²) in [6.07, 6.45) is 0. The lowest BCUT2D eigenvalue weighted by Gasteiger charge is -2.25. The molecule has 0 saturated carbocycles. The largest absolute Gasteiger partial charge is 0.465 e. The van der Waals surface area contributed by atoms with E-state index in [-0.39, 0.29) is 12.3 Å². The number of carbonyl (C=O) groups excluding carboxylic acids is 1. The maximum atomic E-state index is 13.3. The second-order valence-electron chi connectivity index (χ2n) is 5.83. The fraction of sp³-hybridized carbons (Fsp3) is 0.278. The predicted molar refractivity (Wildman–Crippen MR) is 100 cm³/mol. The second-order valence-corrected chi connectivity index (χ2v) is 7.66. The molecule has 2 aromatic rings.